The summed E-state index contributed by atoms with van der Waals surface area (Å²) >= 11 is 0. The molecule has 114 valence electrons. The van der Waals surface area contributed by atoms with E-state index in [0.717, 1.165) is 26.2 Å². The first-order chi connectivity index (χ1) is 10.00. The Balaban J connectivity index is 2.10. The number of aromatic nitrogens is 3. The van der Waals surface area contributed by atoms with Gasteiger partial charge < -0.3 is 14.4 Å². The lowest BCUT2D eigenvalue weighted by molar-refractivity contribution is 0.157. The average molecular weight is 292 g/mol. The highest BCUT2D eigenvalue weighted by Crippen LogP contribution is 2.20. The molecule has 0 amide bonds. The van der Waals surface area contributed by atoms with Gasteiger partial charge in [0.2, 0.25) is 5.95 Å². The first-order valence-corrected chi connectivity index (χ1v) is 6.75. The third-order valence-corrected chi connectivity index (χ3v) is 3.57. The minimum Gasteiger partial charge on any atom is -0.467 e. The quantitative estimate of drug-likeness (QED) is 0.783. The number of hydrogen-bond acceptors (Lipinski definition) is 8. The van der Waals surface area contributed by atoms with Crippen molar-refractivity contribution < 1.29 is 9.47 Å². The van der Waals surface area contributed by atoms with Crippen LogP contribution in [-0.4, -0.2) is 65.8 Å². The molecule has 0 aliphatic carbocycles. The zero-order chi connectivity index (χ0) is 15.5. The van der Waals surface area contributed by atoms with Crippen molar-refractivity contribution in [3.8, 4) is 18.1 Å². The van der Waals surface area contributed by atoms with E-state index in [1.54, 1.807) is 0 Å². The van der Waals surface area contributed by atoms with Gasteiger partial charge in [-0.1, -0.05) is 0 Å². The third-order valence-electron chi connectivity index (χ3n) is 3.57. The molecule has 2 heterocycles. The van der Waals surface area contributed by atoms with Crippen LogP contribution in [0.2, 0.25) is 0 Å². The molecule has 0 atom stereocenters. The van der Waals surface area contributed by atoms with Crippen molar-refractivity contribution in [1.29, 1.82) is 5.26 Å². The van der Waals surface area contributed by atoms with Crippen molar-refractivity contribution in [2.24, 2.45) is 0 Å². The van der Waals surface area contributed by atoms with E-state index in [0.29, 0.717) is 5.95 Å². The van der Waals surface area contributed by atoms with E-state index in [1.807, 2.05) is 18.7 Å². The summed E-state index contributed by atoms with van der Waals surface area (Å²) < 4.78 is 10.1. The molecule has 8 heteroatoms. The van der Waals surface area contributed by atoms with Gasteiger partial charge in [-0.15, -0.1) is 4.98 Å². The molecule has 1 fully saturated rings. The molecule has 0 saturated carbocycles. The lowest BCUT2D eigenvalue weighted by Crippen LogP contribution is -2.54. The Morgan fingerprint density at radius 2 is 1.52 bits per heavy atom. The summed E-state index contributed by atoms with van der Waals surface area (Å²) in [5.74, 6) is 0.535. The average Bonchev–Trinajstić information content (AvgIpc) is 2.54. The molecule has 8 nitrogen and oxygen atoms in total. The zero-order valence-electron chi connectivity index (χ0n) is 12.8. The summed E-state index contributed by atoms with van der Waals surface area (Å²) in [7, 11) is 3.01. The number of nitrogens with zero attached hydrogens (tertiary/aromatic N) is 6. The lowest BCUT2D eigenvalue weighted by atomic mass is 10.0. The molecule has 1 saturated heterocycles. The smallest absolute Gasteiger partial charge is 0.324 e. The van der Waals surface area contributed by atoms with Gasteiger partial charge in [0.25, 0.3) is 0 Å². The SMILES string of the molecule is COc1nc(OC)nc(N2CCN(C(C)(C)C#N)CC2)n1. The molecule has 0 N–H and O–H groups in total. The van der Waals surface area contributed by atoms with Gasteiger partial charge in [-0.2, -0.15) is 15.2 Å². The van der Waals surface area contributed by atoms with E-state index in [1.165, 1.54) is 14.2 Å². The summed E-state index contributed by atoms with van der Waals surface area (Å²) in [6.45, 7) is 6.88. The van der Waals surface area contributed by atoms with Gasteiger partial charge in [-0.3, -0.25) is 4.90 Å². The fourth-order valence-electron chi connectivity index (χ4n) is 2.19. The minimum atomic E-state index is -0.458. The second-order valence-corrected chi connectivity index (χ2v) is 5.25. The Labute approximate surface area is 124 Å². The molecule has 1 aliphatic heterocycles. The normalized spacial score (nSPS) is 16.4. The summed E-state index contributed by atoms with van der Waals surface area (Å²) in [5, 5.41) is 9.19. The Kier molecular flexibility index (Phi) is 4.43. The molecule has 1 aromatic rings. The molecule has 0 aromatic carbocycles. The first-order valence-electron chi connectivity index (χ1n) is 6.75. The van der Waals surface area contributed by atoms with Gasteiger partial charge in [0, 0.05) is 26.2 Å². The molecule has 0 bridgehead atoms. The highest BCUT2D eigenvalue weighted by atomic mass is 16.5. The molecule has 1 aromatic heterocycles. The molecule has 0 unspecified atom stereocenters. The maximum atomic E-state index is 9.19. The number of piperazine rings is 1. The van der Waals surface area contributed by atoms with Gasteiger partial charge in [-0.25, -0.2) is 0 Å². The molecular formula is C13H20N6O2. The third kappa shape index (κ3) is 3.31. The highest BCUT2D eigenvalue weighted by Gasteiger charge is 2.30. The van der Waals surface area contributed by atoms with Crippen molar-refractivity contribution in [2.75, 3.05) is 45.3 Å². The van der Waals surface area contributed by atoms with Crippen molar-refractivity contribution >= 4 is 5.95 Å². The predicted molar refractivity (Wildman–Crippen MR) is 76.4 cm³/mol. The van der Waals surface area contributed by atoms with E-state index in [9.17, 15) is 5.26 Å². The van der Waals surface area contributed by atoms with Crippen LogP contribution in [0.25, 0.3) is 0 Å². The summed E-state index contributed by atoms with van der Waals surface area (Å²) in [6.07, 6.45) is 0. The topological polar surface area (TPSA) is 87.4 Å². The summed E-state index contributed by atoms with van der Waals surface area (Å²) in [6, 6.07) is 2.79. The van der Waals surface area contributed by atoms with E-state index in [2.05, 4.69) is 25.9 Å². The second kappa shape index (κ2) is 6.10. The van der Waals surface area contributed by atoms with Crippen molar-refractivity contribution in [1.82, 2.24) is 19.9 Å². The predicted octanol–water partition coefficient (Wildman–Crippen LogP) is 0.313. The Bertz CT molecular complexity index is 512. The maximum Gasteiger partial charge on any atom is 0.324 e. The number of rotatable bonds is 4. The van der Waals surface area contributed by atoms with Crippen LogP contribution >= 0.6 is 0 Å². The van der Waals surface area contributed by atoms with Crippen LogP contribution in [0.5, 0.6) is 12.0 Å². The zero-order valence-corrected chi connectivity index (χ0v) is 12.8. The summed E-state index contributed by atoms with van der Waals surface area (Å²) in [4.78, 5) is 16.7. The first kappa shape index (κ1) is 15.3. The number of ether oxygens (including phenoxy) is 2. The standard InChI is InChI=1S/C13H20N6O2/c1-13(2,9-14)19-7-5-18(6-8-19)10-15-11(20-3)17-12(16-10)21-4/h5-8H2,1-4H3. The summed E-state index contributed by atoms with van der Waals surface area (Å²) in [5.41, 5.74) is -0.458. The van der Waals surface area contributed by atoms with Crippen LogP contribution in [-0.2, 0) is 0 Å². The molecule has 21 heavy (non-hydrogen) atoms. The fourth-order valence-corrected chi connectivity index (χ4v) is 2.19. The highest BCUT2D eigenvalue weighted by molar-refractivity contribution is 5.33. The molecule has 0 spiro atoms. The van der Waals surface area contributed by atoms with Crippen LogP contribution in [0.4, 0.5) is 5.95 Å². The molecule has 1 aliphatic rings. The van der Waals surface area contributed by atoms with E-state index < -0.39 is 5.54 Å². The van der Waals surface area contributed by atoms with Gasteiger partial charge in [0.1, 0.15) is 5.54 Å². The number of anilines is 1. The van der Waals surface area contributed by atoms with Crippen LogP contribution in [0.15, 0.2) is 0 Å². The Morgan fingerprint density at radius 1 is 1.00 bits per heavy atom. The molecule has 2 rings (SSSR count). The van der Waals surface area contributed by atoms with E-state index in [-0.39, 0.29) is 12.0 Å². The van der Waals surface area contributed by atoms with Gasteiger partial charge in [0.05, 0.1) is 20.3 Å². The number of hydrogen-bond donors (Lipinski definition) is 0. The van der Waals surface area contributed by atoms with E-state index in [4.69, 9.17) is 9.47 Å². The van der Waals surface area contributed by atoms with E-state index >= 15 is 0 Å². The van der Waals surface area contributed by atoms with Crippen LogP contribution in [0.1, 0.15) is 13.8 Å². The minimum absolute atomic E-state index is 0.233. The molecular weight excluding hydrogens is 272 g/mol. The monoisotopic (exact) mass is 292 g/mol. The van der Waals surface area contributed by atoms with Crippen LogP contribution in [0, 0.1) is 11.3 Å². The van der Waals surface area contributed by atoms with Crippen LogP contribution in [0.3, 0.4) is 0 Å². The van der Waals surface area contributed by atoms with Crippen molar-refractivity contribution in [3.63, 3.8) is 0 Å². The Hall–Kier alpha value is -2.14. The lowest BCUT2D eigenvalue weighted by Gasteiger charge is -2.40. The number of nitriles is 1. The van der Waals surface area contributed by atoms with Gasteiger partial charge in [0.15, 0.2) is 0 Å². The fraction of sp³-hybridized carbons (Fsp3) is 0.692. The number of methoxy groups -OCH3 is 2. The largest absolute Gasteiger partial charge is 0.467 e. The molecule has 0 radical (unpaired) electrons. The Morgan fingerprint density at radius 3 is 1.95 bits per heavy atom. The second-order valence-electron chi connectivity index (χ2n) is 5.25. The van der Waals surface area contributed by atoms with Crippen LogP contribution < -0.4 is 14.4 Å². The maximum absolute atomic E-state index is 9.19. The van der Waals surface area contributed by atoms with Gasteiger partial charge in [-0.05, 0) is 13.8 Å². The van der Waals surface area contributed by atoms with Crippen molar-refractivity contribution in [3.05, 3.63) is 0 Å². The van der Waals surface area contributed by atoms with Gasteiger partial charge >= 0.3 is 12.0 Å². The van der Waals surface area contributed by atoms with Crippen molar-refractivity contribution in [2.45, 2.75) is 19.4 Å².